The molecule has 0 heterocycles. The molecule has 0 atom stereocenters. The van der Waals surface area contributed by atoms with Crippen LogP contribution in [0.1, 0.15) is 118 Å². The van der Waals surface area contributed by atoms with Gasteiger partial charge >= 0.3 is 159 Å². The van der Waals surface area contributed by atoms with Crippen molar-refractivity contribution in [2.24, 2.45) is 0 Å². The summed E-state index contributed by atoms with van der Waals surface area (Å²) >= 11 is 7.76. The zero-order chi connectivity index (χ0) is 18.2. The second kappa shape index (κ2) is 14.8. The number of halogens is 1. The fourth-order valence-corrected chi connectivity index (χ4v) is 10.9. The normalized spacial score (nSPS) is 13.8. The molecule has 0 bridgehead atoms. The third-order valence-corrected chi connectivity index (χ3v) is 13.5. The molecule has 0 spiro atoms. The van der Waals surface area contributed by atoms with Crippen LogP contribution in [0.5, 0.6) is 0 Å². The summed E-state index contributed by atoms with van der Waals surface area (Å²) in [4.78, 5) is 0. The van der Waals surface area contributed by atoms with Crippen molar-refractivity contribution in [1.29, 1.82) is 0 Å². The first-order valence-electron chi connectivity index (χ1n) is 11.3. The van der Waals surface area contributed by atoms with Crippen LogP contribution in [0.4, 0.5) is 0 Å². The summed E-state index contributed by atoms with van der Waals surface area (Å²) in [6.07, 6.45) is 24.7. The van der Waals surface area contributed by atoms with Gasteiger partial charge in [0, 0.05) is 0 Å². The van der Waals surface area contributed by atoms with Gasteiger partial charge in [-0.05, 0) is 0 Å². The van der Waals surface area contributed by atoms with Gasteiger partial charge in [-0.2, -0.15) is 0 Å². The van der Waals surface area contributed by atoms with Crippen LogP contribution in [-0.2, 0) is 0 Å². The molecule has 2 heteroatoms. The molecule has 0 N–H and O–H groups in total. The van der Waals surface area contributed by atoms with Crippen molar-refractivity contribution >= 4 is 17.2 Å². The summed E-state index contributed by atoms with van der Waals surface area (Å²) in [5.74, 6) is -1.99. The molecule has 0 saturated heterocycles. The molecule has 0 nitrogen and oxygen atoms in total. The van der Waals surface area contributed by atoms with Crippen LogP contribution in [0.2, 0.25) is 0 Å². The van der Waals surface area contributed by atoms with Crippen LogP contribution in [0, 0.1) is 0 Å². The Labute approximate surface area is 159 Å². The van der Waals surface area contributed by atoms with E-state index in [-0.39, 0.29) is 0 Å². The molecule has 0 aliphatic rings. The van der Waals surface area contributed by atoms with Crippen LogP contribution in [0.25, 0.3) is 0 Å². The molecular weight excluding hydrogens is 331 g/mol. The van der Waals surface area contributed by atoms with Crippen molar-refractivity contribution in [1.82, 2.24) is 0 Å². The van der Waals surface area contributed by atoms with Crippen molar-refractivity contribution in [3.8, 4) is 0 Å². The zero-order valence-electron chi connectivity index (χ0n) is 17.6. The Morgan fingerprint density at radius 2 is 0.667 bits per heavy atom. The molecule has 0 fully saturated rings. The summed E-state index contributed by atoms with van der Waals surface area (Å²) in [5, 5.41) is 0. The van der Waals surface area contributed by atoms with Gasteiger partial charge in [0.05, 0.1) is 0 Å². The number of rotatable bonds is 18. The summed E-state index contributed by atoms with van der Waals surface area (Å²) in [6, 6.07) is 0. The molecule has 0 unspecified atom stereocenters. The average molecular weight is 379 g/mol. The summed E-state index contributed by atoms with van der Waals surface area (Å²) in [7, 11) is 0. The maximum atomic E-state index is 7.76. The quantitative estimate of drug-likeness (QED) is 0.164. The Balaban J connectivity index is 4.90. The number of unbranched alkanes of at least 4 members (excludes halogenated alkanes) is 10. The molecule has 0 radical (unpaired) electrons. The van der Waals surface area contributed by atoms with E-state index in [2.05, 4.69) is 27.7 Å². The van der Waals surface area contributed by atoms with Gasteiger partial charge in [0.25, 0.3) is 0 Å². The molecular formula is C22H48ClP. The molecule has 0 aliphatic heterocycles. The first kappa shape index (κ1) is 24.7. The third kappa shape index (κ3) is 11.4. The second-order valence-electron chi connectivity index (χ2n) is 8.25. The average Bonchev–Trinajstić information content (AvgIpc) is 2.57. The predicted octanol–water partition coefficient (Wildman–Crippen LogP) is 9.23. The first-order valence-corrected chi connectivity index (χ1v) is 15.1. The molecule has 0 aromatic rings. The number of hydrogen-bond donors (Lipinski definition) is 0. The van der Waals surface area contributed by atoms with Gasteiger partial charge in [-0.25, -0.2) is 0 Å². The van der Waals surface area contributed by atoms with Crippen LogP contribution in [0.3, 0.4) is 0 Å². The fourth-order valence-electron chi connectivity index (χ4n) is 4.05. The molecule has 0 aromatic heterocycles. The molecule has 0 saturated carbocycles. The Hall–Kier alpha value is 0.720. The third-order valence-electron chi connectivity index (χ3n) is 5.78. The Morgan fingerprint density at radius 1 is 0.417 bits per heavy atom. The van der Waals surface area contributed by atoms with Gasteiger partial charge in [0.1, 0.15) is 0 Å². The minimum absolute atomic E-state index is 1.32. The molecule has 0 rings (SSSR count). The zero-order valence-corrected chi connectivity index (χ0v) is 19.2. The van der Waals surface area contributed by atoms with Crippen molar-refractivity contribution in [2.45, 2.75) is 118 Å². The van der Waals surface area contributed by atoms with E-state index in [0.717, 1.165) is 0 Å². The van der Waals surface area contributed by atoms with E-state index in [1.165, 1.54) is 115 Å². The Morgan fingerprint density at radius 3 is 0.958 bits per heavy atom. The summed E-state index contributed by atoms with van der Waals surface area (Å²) < 4.78 is 0. The van der Waals surface area contributed by atoms with Crippen molar-refractivity contribution in [3.05, 3.63) is 0 Å². The van der Waals surface area contributed by atoms with Gasteiger partial charge in [0.2, 0.25) is 0 Å². The first-order chi connectivity index (χ1) is 11.5. The van der Waals surface area contributed by atoms with Gasteiger partial charge < -0.3 is 0 Å². The molecule has 0 aliphatic carbocycles. The van der Waals surface area contributed by atoms with Gasteiger partial charge in [-0.15, -0.1) is 0 Å². The van der Waals surface area contributed by atoms with Crippen molar-refractivity contribution in [3.63, 3.8) is 0 Å². The monoisotopic (exact) mass is 378 g/mol. The van der Waals surface area contributed by atoms with Gasteiger partial charge in [0.15, 0.2) is 0 Å². The molecule has 0 aromatic carbocycles. The Kier molecular flexibility index (Phi) is 15.3. The maximum absolute atomic E-state index is 7.76. The topological polar surface area (TPSA) is 0 Å². The van der Waals surface area contributed by atoms with Gasteiger partial charge in [-0.1, -0.05) is 0 Å². The van der Waals surface area contributed by atoms with Crippen LogP contribution < -0.4 is 0 Å². The van der Waals surface area contributed by atoms with Crippen molar-refractivity contribution < 1.29 is 0 Å². The molecule has 0 amide bonds. The standard InChI is InChI=1S/C22H48ClP/c1-5-9-13-17-21-24(23,19-15-11-7-3,20-16-12-8-4)22-18-14-10-6-2/h5-22H2,1-4H3. The predicted molar refractivity (Wildman–Crippen MR) is 120 cm³/mol. The minimum atomic E-state index is -1.99. The SMILES string of the molecule is CCCCCCP(Cl)(CCCCC)(CCCCC)CCCCCC. The van der Waals surface area contributed by atoms with Crippen LogP contribution in [0.15, 0.2) is 0 Å². The second-order valence-corrected chi connectivity index (χ2v) is 16.5. The van der Waals surface area contributed by atoms with E-state index in [1.807, 2.05) is 0 Å². The van der Waals surface area contributed by atoms with Crippen LogP contribution >= 0.6 is 17.2 Å². The van der Waals surface area contributed by atoms with E-state index in [9.17, 15) is 0 Å². The van der Waals surface area contributed by atoms with E-state index in [0.29, 0.717) is 0 Å². The van der Waals surface area contributed by atoms with E-state index in [4.69, 9.17) is 11.2 Å². The molecule has 24 heavy (non-hydrogen) atoms. The number of hydrogen-bond acceptors (Lipinski definition) is 0. The van der Waals surface area contributed by atoms with E-state index < -0.39 is 5.96 Å². The molecule has 148 valence electrons. The summed E-state index contributed by atoms with van der Waals surface area (Å²) in [5.41, 5.74) is 0. The van der Waals surface area contributed by atoms with E-state index in [1.54, 1.807) is 0 Å². The van der Waals surface area contributed by atoms with Gasteiger partial charge in [-0.3, -0.25) is 0 Å². The van der Waals surface area contributed by atoms with Crippen LogP contribution in [-0.4, -0.2) is 24.6 Å². The van der Waals surface area contributed by atoms with Crippen molar-refractivity contribution in [2.75, 3.05) is 24.6 Å². The van der Waals surface area contributed by atoms with E-state index >= 15 is 0 Å². The summed E-state index contributed by atoms with van der Waals surface area (Å²) in [6.45, 7) is 9.27. The Bertz CT molecular complexity index is 251. The fraction of sp³-hybridized carbons (Fsp3) is 1.00.